The number of aromatic nitrogens is 1. The van der Waals surface area contributed by atoms with Gasteiger partial charge in [0.25, 0.3) is 0 Å². The Bertz CT molecular complexity index is 447. The molecule has 2 aromatic rings. The minimum Gasteiger partial charge on any atom is -0.497 e. The number of methoxy groups -OCH3 is 1. The Morgan fingerprint density at radius 1 is 1.19 bits per heavy atom. The van der Waals surface area contributed by atoms with Crippen LogP contribution < -0.4 is 4.74 Å². The summed E-state index contributed by atoms with van der Waals surface area (Å²) >= 11 is 1.73. The van der Waals surface area contributed by atoms with Gasteiger partial charge in [-0.15, -0.1) is 0 Å². The molecule has 0 aliphatic rings. The summed E-state index contributed by atoms with van der Waals surface area (Å²) in [5.41, 5.74) is 1.33. The molecule has 0 atom stereocenters. The Morgan fingerprint density at radius 3 is 2.56 bits per heavy atom. The van der Waals surface area contributed by atoms with Crippen LogP contribution in [0.1, 0.15) is 12.6 Å². The van der Waals surface area contributed by atoms with E-state index < -0.39 is 0 Å². The maximum atomic E-state index is 5.13. The molecule has 3 heteroatoms. The lowest BCUT2D eigenvalue weighted by atomic mass is 10.3. The number of aryl methyl sites for hydroxylation is 1. The zero-order valence-electron chi connectivity index (χ0n) is 9.51. The lowest BCUT2D eigenvalue weighted by molar-refractivity contribution is 0.414. The molecule has 0 aliphatic carbocycles. The third-order valence-electron chi connectivity index (χ3n) is 2.42. The summed E-state index contributed by atoms with van der Waals surface area (Å²) in [4.78, 5) is 1.21. The predicted molar refractivity (Wildman–Crippen MR) is 68.1 cm³/mol. The van der Waals surface area contributed by atoms with E-state index in [4.69, 9.17) is 4.74 Å². The van der Waals surface area contributed by atoms with Gasteiger partial charge < -0.3 is 4.74 Å². The number of rotatable bonds is 4. The van der Waals surface area contributed by atoms with Crippen LogP contribution in [0.3, 0.4) is 0 Å². The highest BCUT2D eigenvalue weighted by Gasteiger charge is 2.01. The normalized spacial score (nSPS) is 10.4. The van der Waals surface area contributed by atoms with Crippen molar-refractivity contribution >= 4 is 11.9 Å². The lowest BCUT2D eigenvalue weighted by Crippen LogP contribution is -1.91. The van der Waals surface area contributed by atoms with E-state index in [1.165, 1.54) is 10.6 Å². The number of hydrogen-bond donors (Lipinski definition) is 0. The van der Waals surface area contributed by atoms with Crippen molar-refractivity contribution in [3.63, 3.8) is 0 Å². The zero-order valence-corrected chi connectivity index (χ0v) is 10.3. The standard InChI is InChI=1S/C13H15NOS/c1-3-11-5-4-10-14(11)16-13-8-6-12(15-2)7-9-13/h4-10H,3H2,1-2H3. The van der Waals surface area contributed by atoms with Gasteiger partial charge in [-0.2, -0.15) is 0 Å². The number of ether oxygens (including phenoxy) is 1. The molecular formula is C13H15NOS. The largest absolute Gasteiger partial charge is 0.497 e. The van der Waals surface area contributed by atoms with Crippen LogP contribution in [0.2, 0.25) is 0 Å². The fourth-order valence-corrected chi connectivity index (χ4v) is 2.44. The first-order chi connectivity index (χ1) is 7.83. The first-order valence-electron chi connectivity index (χ1n) is 5.32. The zero-order chi connectivity index (χ0) is 11.4. The van der Waals surface area contributed by atoms with Gasteiger partial charge in [0.15, 0.2) is 0 Å². The van der Waals surface area contributed by atoms with Crippen LogP contribution in [0.4, 0.5) is 0 Å². The van der Waals surface area contributed by atoms with Crippen molar-refractivity contribution in [1.82, 2.24) is 3.97 Å². The highest BCUT2D eigenvalue weighted by atomic mass is 32.2. The lowest BCUT2D eigenvalue weighted by Gasteiger charge is -2.07. The molecule has 16 heavy (non-hydrogen) atoms. The second-order valence-electron chi connectivity index (χ2n) is 3.45. The fourth-order valence-electron chi connectivity index (χ4n) is 1.51. The Morgan fingerprint density at radius 2 is 1.94 bits per heavy atom. The quantitative estimate of drug-likeness (QED) is 0.800. The van der Waals surface area contributed by atoms with Gasteiger partial charge >= 0.3 is 0 Å². The van der Waals surface area contributed by atoms with Crippen LogP contribution in [0.25, 0.3) is 0 Å². The third kappa shape index (κ3) is 2.42. The van der Waals surface area contributed by atoms with E-state index in [2.05, 4.69) is 41.4 Å². The summed E-state index contributed by atoms with van der Waals surface area (Å²) < 4.78 is 7.33. The van der Waals surface area contributed by atoms with Crippen molar-refractivity contribution in [2.75, 3.05) is 7.11 Å². The molecule has 0 saturated carbocycles. The van der Waals surface area contributed by atoms with Gasteiger partial charge in [-0.05, 0) is 54.8 Å². The Labute approximate surface area is 100 Å². The van der Waals surface area contributed by atoms with Crippen molar-refractivity contribution in [3.05, 3.63) is 48.3 Å². The van der Waals surface area contributed by atoms with Gasteiger partial charge in [-0.1, -0.05) is 6.92 Å². The molecule has 0 unspecified atom stereocenters. The molecule has 1 aromatic heterocycles. The minimum atomic E-state index is 0.896. The second kappa shape index (κ2) is 5.12. The molecule has 2 rings (SSSR count). The minimum absolute atomic E-state index is 0.896. The Kier molecular flexibility index (Phi) is 3.57. The topological polar surface area (TPSA) is 14.2 Å². The van der Waals surface area contributed by atoms with Crippen LogP contribution >= 0.6 is 11.9 Å². The van der Waals surface area contributed by atoms with Gasteiger partial charge in [0.2, 0.25) is 0 Å². The molecule has 0 radical (unpaired) electrons. The van der Waals surface area contributed by atoms with Gasteiger partial charge in [0.1, 0.15) is 5.75 Å². The molecule has 1 heterocycles. The first kappa shape index (κ1) is 11.1. The van der Waals surface area contributed by atoms with E-state index in [-0.39, 0.29) is 0 Å². The Balaban J connectivity index is 2.14. The molecule has 0 fully saturated rings. The van der Waals surface area contributed by atoms with E-state index in [9.17, 15) is 0 Å². The molecule has 84 valence electrons. The van der Waals surface area contributed by atoms with E-state index in [1.54, 1.807) is 19.1 Å². The van der Waals surface area contributed by atoms with Crippen LogP contribution in [0.15, 0.2) is 47.5 Å². The number of benzene rings is 1. The monoisotopic (exact) mass is 233 g/mol. The maximum absolute atomic E-state index is 5.13. The van der Waals surface area contributed by atoms with Crippen molar-refractivity contribution < 1.29 is 4.74 Å². The third-order valence-corrected chi connectivity index (χ3v) is 3.45. The number of nitrogens with zero attached hydrogens (tertiary/aromatic N) is 1. The molecule has 0 spiro atoms. The number of hydrogen-bond acceptors (Lipinski definition) is 2. The van der Waals surface area contributed by atoms with Crippen LogP contribution in [-0.4, -0.2) is 11.1 Å². The molecule has 0 aliphatic heterocycles. The van der Waals surface area contributed by atoms with E-state index in [1.807, 2.05) is 12.1 Å². The fraction of sp³-hybridized carbons (Fsp3) is 0.231. The molecule has 1 aromatic carbocycles. The van der Waals surface area contributed by atoms with Crippen LogP contribution in [0.5, 0.6) is 5.75 Å². The van der Waals surface area contributed by atoms with E-state index in [0.717, 1.165) is 12.2 Å². The predicted octanol–water partition coefficient (Wildman–Crippen LogP) is 3.61. The second-order valence-corrected chi connectivity index (χ2v) is 4.49. The highest BCUT2D eigenvalue weighted by molar-refractivity contribution is 7.97. The summed E-state index contributed by atoms with van der Waals surface area (Å²) in [6, 6.07) is 12.3. The van der Waals surface area contributed by atoms with Crippen LogP contribution in [0, 0.1) is 0 Å². The van der Waals surface area contributed by atoms with Gasteiger partial charge in [0.05, 0.1) is 7.11 Å². The molecule has 0 amide bonds. The molecule has 0 bridgehead atoms. The van der Waals surface area contributed by atoms with Gasteiger partial charge in [-0.25, -0.2) is 0 Å². The van der Waals surface area contributed by atoms with Crippen LogP contribution in [-0.2, 0) is 6.42 Å². The summed E-state index contributed by atoms with van der Waals surface area (Å²) in [6.07, 6.45) is 3.14. The highest BCUT2D eigenvalue weighted by Crippen LogP contribution is 2.24. The summed E-state index contributed by atoms with van der Waals surface area (Å²) in [7, 11) is 1.68. The van der Waals surface area contributed by atoms with E-state index >= 15 is 0 Å². The Hall–Kier alpha value is -1.35. The molecular weight excluding hydrogens is 218 g/mol. The average molecular weight is 233 g/mol. The van der Waals surface area contributed by atoms with Gasteiger partial charge in [0, 0.05) is 16.8 Å². The first-order valence-corrected chi connectivity index (χ1v) is 6.09. The summed E-state index contributed by atoms with van der Waals surface area (Å²) in [5, 5.41) is 0. The average Bonchev–Trinajstić information content (AvgIpc) is 2.77. The van der Waals surface area contributed by atoms with Gasteiger partial charge in [-0.3, -0.25) is 3.97 Å². The smallest absolute Gasteiger partial charge is 0.118 e. The molecule has 0 saturated heterocycles. The van der Waals surface area contributed by atoms with Crippen molar-refractivity contribution in [3.8, 4) is 5.75 Å². The summed E-state index contributed by atoms with van der Waals surface area (Å²) in [5.74, 6) is 0.896. The molecule has 0 N–H and O–H groups in total. The van der Waals surface area contributed by atoms with E-state index in [0.29, 0.717) is 0 Å². The van der Waals surface area contributed by atoms with Crippen molar-refractivity contribution in [2.45, 2.75) is 18.2 Å². The SMILES string of the molecule is CCc1cccn1Sc1ccc(OC)cc1. The maximum Gasteiger partial charge on any atom is 0.118 e. The summed E-state index contributed by atoms with van der Waals surface area (Å²) in [6.45, 7) is 2.17. The van der Waals surface area contributed by atoms with Crippen molar-refractivity contribution in [1.29, 1.82) is 0 Å². The van der Waals surface area contributed by atoms with Crippen molar-refractivity contribution in [2.24, 2.45) is 0 Å². The molecule has 2 nitrogen and oxygen atoms in total.